The van der Waals surface area contributed by atoms with E-state index in [2.05, 4.69) is 26.1 Å². The largest absolute Gasteiger partial charge is 0.416 e. The number of rotatable bonds is 4. The summed E-state index contributed by atoms with van der Waals surface area (Å²) >= 11 is 3.19. The molecule has 1 heterocycles. The van der Waals surface area contributed by atoms with Crippen LogP contribution < -0.4 is 5.73 Å². The summed E-state index contributed by atoms with van der Waals surface area (Å²) in [6.07, 6.45) is -3.27. The fourth-order valence-electron chi connectivity index (χ4n) is 1.69. The van der Waals surface area contributed by atoms with Crippen molar-refractivity contribution in [1.29, 1.82) is 0 Å². The molecule has 4 nitrogen and oxygen atoms in total. The van der Waals surface area contributed by atoms with E-state index < -0.39 is 11.7 Å². The summed E-state index contributed by atoms with van der Waals surface area (Å²) in [4.78, 5) is 4.10. The van der Waals surface area contributed by atoms with Crippen LogP contribution in [0.25, 0.3) is 11.5 Å². The molecule has 0 bridgehead atoms. The number of benzene rings is 1. The molecule has 2 N–H and O–H groups in total. The van der Waals surface area contributed by atoms with Crippen molar-refractivity contribution in [3.05, 3.63) is 34.1 Å². The number of aromatic nitrogens is 2. The molecule has 2 aromatic rings. The van der Waals surface area contributed by atoms with Gasteiger partial charge in [0.05, 0.1) is 11.1 Å². The standard InChI is InChI=1S/C13H13BrF3N3O/c1-2-8(18)6-11-19-12(21-20-11)9-5-7(13(15,16)17)3-4-10(9)14/h3-5,8H,2,6,18H2,1H3. The molecule has 0 saturated carbocycles. The number of nitrogens with zero attached hydrogens (tertiary/aromatic N) is 2. The minimum absolute atomic E-state index is 0.0336. The van der Waals surface area contributed by atoms with Crippen LogP contribution >= 0.6 is 15.9 Å². The normalized spacial score (nSPS) is 13.4. The summed E-state index contributed by atoms with van der Waals surface area (Å²) in [6, 6.07) is 3.15. The average Bonchev–Trinajstić information content (AvgIpc) is 2.86. The van der Waals surface area contributed by atoms with E-state index in [1.54, 1.807) is 0 Å². The number of hydrogen-bond donors (Lipinski definition) is 1. The minimum atomic E-state index is -4.43. The second-order valence-corrected chi connectivity index (χ2v) is 5.43. The predicted molar refractivity (Wildman–Crippen MR) is 74.4 cm³/mol. The third kappa shape index (κ3) is 3.82. The summed E-state index contributed by atoms with van der Waals surface area (Å²) in [6.45, 7) is 1.93. The quantitative estimate of drug-likeness (QED) is 0.897. The zero-order chi connectivity index (χ0) is 15.6. The SMILES string of the molecule is CCC(N)Cc1noc(-c2cc(C(F)(F)F)ccc2Br)n1. The third-order valence-corrected chi connectivity index (χ3v) is 3.65. The summed E-state index contributed by atoms with van der Waals surface area (Å²) < 4.78 is 43.7. The minimum Gasteiger partial charge on any atom is -0.334 e. The Morgan fingerprint density at radius 1 is 1.38 bits per heavy atom. The maximum atomic E-state index is 12.7. The van der Waals surface area contributed by atoms with Gasteiger partial charge < -0.3 is 10.3 Å². The van der Waals surface area contributed by atoms with Crippen LogP contribution in [0.2, 0.25) is 0 Å². The molecular weight excluding hydrogens is 351 g/mol. The van der Waals surface area contributed by atoms with E-state index >= 15 is 0 Å². The van der Waals surface area contributed by atoms with E-state index in [9.17, 15) is 13.2 Å². The van der Waals surface area contributed by atoms with Crippen molar-refractivity contribution in [1.82, 2.24) is 10.1 Å². The Labute approximate surface area is 127 Å². The highest BCUT2D eigenvalue weighted by Crippen LogP contribution is 2.35. The van der Waals surface area contributed by atoms with Gasteiger partial charge in [0.2, 0.25) is 0 Å². The lowest BCUT2D eigenvalue weighted by atomic mass is 10.1. The lowest BCUT2D eigenvalue weighted by Crippen LogP contribution is -2.21. The molecule has 0 fully saturated rings. The van der Waals surface area contributed by atoms with Crippen LogP contribution in [0, 0.1) is 0 Å². The van der Waals surface area contributed by atoms with Crippen LogP contribution in [0.4, 0.5) is 13.2 Å². The first kappa shape index (κ1) is 16.0. The van der Waals surface area contributed by atoms with E-state index in [1.165, 1.54) is 6.07 Å². The third-order valence-electron chi connectivity index (χ3n) is 2.96. The second-order valence-electron chi connectivity index (χ2n) is 4.58. The smallest absolute Gasteiger partial charge is 0.334 e. The Kier molecular flexibility index (Phi) is 4.67. The van der Waals surface area contributed by atoms with Gasteiger partial charge in [-0.05, 0) is 40.5 Å². The van der Waals surface area contributed by atoms with Gasteiger partial charge >= 0.3 is 6.18 Å². The maximum Gasteiger partial charge on any atom is 0.416 e. The van der Waals surface area contributed by atoms with Gasteiger partial charge in [-0.25, -0.2) is 0 Å². The fourth-order valence-corrected chi connectivity index (χ4v) is 2.11. The van der Waals surface area contributed by atoms with Gasteiger partial charge in [-0.2, -0.15) is 18.2 Å². The van der Waals surface area contributed by atoms with Crippen LogP contribution in [0.15, 0.2) is 27.2 Å². The Bertz CT molecular complexity index is 627. The highest BCUT2D eigenvalue weighted by Gasteiger charge is 2.31. The monoisotopic (exact) mass is 363 g/mol. The van der Waals surface area contributed by atoms with E-state index in [1.807, 2.05) is 6.92 Å². The Morgan fingerprint density at radius 2 is 2.10 bits per heavy atom. The molecule has 0 aliphatic carbocycles. The number of halogens is 4. The van der Waals surface area contributed by atoms with Crippen molar-refractivity contribution in [3.8, 4) is 11.5 Å². The summed E-state index contributed by atoms with van der Waals surface area (Å²) in [5, 5.41) is 3.75. The van der Waals surface area contributed by atoms with E-state index in [-0.39, 0.29) is 17.5 Å². The van der Waals surface area contributed by atoms with Crippen LogP contribution in [0.5, 0.6) is 0 Å². The van der Waals surface area contributed by atoms with Gasteiger partial charge in [0, 0.05) is 16.9 Å². The molecule has 114 valence electrons. The molecule has 8 heteroatoms. The molecule has 0 radical (unpaired) electrons. The molecule has 0 amide bonds. The van der Waals surface area contributed by atoms with Gasteiger partial charge in [0.1, 0.15) is 0 Å². The first-order chi connectivity index (χ1) is 9.81. The zero-order valence-corrected chi connectivity index (χ0v) is 12.7. The van der Waals surface area contributed by atoms with Gasteiger partial charge in [0.15, 0.2) is 5.82 Å². The molecule has 0 aliphatic heterocycles. The molecule has 1 atom stereocenters. The van der Waals surface area contributed by atoms with Crippen molar-refractivity contribution in [2.45, 2.75) is 32.0 Å². The molecule has 21 heavy (non-hydrogen) atoms. The van der Waals surface area contributed by atoms with Crippen molar-refractivity contribution in [3.63, 3.8) is 0 Å². The molecule has 1 unspecified atom stereocenters. The second kappa shape index (κ2) is 6.15. The molecule has 2 rings (SSSR count). The van der Waals surface area contributed by atoms with Crippen molar-refractivity contribution >= 4 is 15.9 Å². The molecular formula is C13H13BrF3N3O. The highest BCUT2D eigenvalue weighted by atomic mass is 79.9. The van der Waals surface area contributed by atoms with Crippen molar-refractivity contribution in [2.24, 2.45) is 5.73 Å². The fraction of sp³-hybridized carbons (Fsp3) is 0.385. The van der Waals surface area contributed by atoms with E-state index in [4.69, 9.17) is 10.3 Å². The number of nitrogens with two attached hydrogens (primary N) is 1. The van der Waals surface area contributed by atoms with E-state index in [0.29, 0.717) is 16.7 Å². The summed E-state index contributed by atoms with van der Waals surface area (Å²) in [7, 11) is 0. The van der Waals surface area contributed by atoms with Crippen LogP contribution in [-0.2, 0) is 12.6 Å². The Hall–Kier alpha value is -1.41. The summed E-state index contributed by atoms with van der Waals surface area (Å²) in [5.41, 5.74) is 5.21. The Morgan fingerprint density at radius 3 is 2.71 bits per heavy atom. The lowest BCUT2D eigenvalue weighted by molar-refractivity contribution is -0.137. The number of hydrogen-bond acceptors (Lipinski definition) is 4. The van der Waals surface area contributed by atoms with Crippen LogP contribution in [-0.4, -0.2) is 16.2 Å². The van der Waals surface area contributed by atoms with Crippen LogP contribution in [0.3, 0.4) is 0 Å². The average molecular weight is 364 g/mol. The molecule has 0 spiro atoms. The molecule has 1 aromatic carbocycles. The number of alkyl halides is 3. The summed E-state index contributed by atoms with van der Waals surface area (Å²) in [5.74, 6) is 0.412. The van der Waals surface area contributed by atoms with Crippen LogP contribution in [0.1, 0.15) is 24.7 Å². The highest BCUT2D eigenvalue weighted by molar-refractivity contribution is 9.10. The van der Waals surface area contributed by atoms with Gasteiger partial charge in [-0.3, -0.25) is 0 Å². The topological polar surface area (TPSA) is 64.9 Å². The first-order valence-electron chi connectivity index (χ1n) is 6.26. The van der Waals surface area contributed by atoms with Gasteiger partial charge in [0.25, 0.3) is 5.89 Å². The van der Waals surface area contributed by atoms with Crippen molar-refractivity contribution in [2.75, 3.05) is 0 Å². The zero-order valence-electron chi connectivity index (χ0n) is 11.1. The molecule has 0 saturated heterocycles. The van der Waals surface area contributed by atoms with E-state index in [0.717, 1.165) is 18.6 Å². The van der Waals surface area contributed by atoms with Gasteiger partial charge in [-0.1, -0.05) is 12.1 Å². The first-order valence-corrected chi connectivity index (χ1v) is 7.05. The predicted octanol–water partition coefficient (Wildman–Crippen LogP) is 3.80. The Balaban J connectivity index is 2.33. The van der Waals surface area contributed by atoms with Crippen molar-refractivity contribution < 1.29 is 17.7 Å². The van der Waals surface area contributed by atoms with Gasteiger partial charge in [-0.15, -0.1) is 0 Å². The maximum absolute atomic E-state index is 12.7. The molecule has 1 aromatic heterocycles. The lowest BCUT2D eigenvalue weighted by Gasteiger charge is -2.08. The molecule has 0 aliphatic rings.